The summed E-state index contributed by atoms with van der Waals surface area (Å²) in [5.74, 6) is 0.625. The molecule has 1 aliphatic carbocycles. The fourth-order valence-electron chi connectivity index (χ4n) is 4.27. The third-order valence-electron chi connectivity index (χ3n) is 6.09. The van der Waals surface area contributed by atoms with Crippen LogP contribution in [0.2, 0.25) is 0 Å². The van der Waals surface area contributed by atoms with Crippen molar-refractivity contribution in [3.63, 3.8) is 0 Å². The maximum Gasteiger partial charge on any atom is 0.272 e. The van der Waals surface area contributed by atoms with E-state index >= 15 is 0 Å². The molecule has 0 unspecified atom stereocenters. The highest BCUT2D eigenvalue weighted by atomic mass is 16.5. The van der Waals surface area contributed by atoms with Gasteiger partial charge in [0.25, 0.3) is 5.91 Å². The Balaban J connectivity index is 1.30. The van der Waals surface area contributed by atoms with Crippen molar-refractivity contribution in [3.05, 3.63) is 47.8 Å². The number of carbonyl (C=O) groups excluding carboxylic acids is 1. The van der Waals surface area contributed by atoms with Crippen molar-refractivity contribution in [2.24, 2.45) is 0 Å². The van der Waals surface area contributed by atoms with E-state index in [1.807, 2.05) is 46.0 Å². The van der Waals surface area contributed by atoms with Crippen LogP contribution in [0.4, 0.5) is 0 Å². The van der Waals surface area contributed by atoms with Gasteiger partial charge in [-0.25, -0.2) is 4.68 Å². The molecule has 6 nitrogen and oxygen atoms in total. The normalized spacial score (nSPS) is 23.3. The first-order chi connectivity index (χ1) is 13.8. The first-order valence-electron chi connectivity index (χ1n) is 10.6. The van der Waals surface area contributed by atoms with Crippen molar-refractivity contribution >= 4 is 5.91 Å². The molecule has 0 bridgehead atoms. The van der Waals surface area contributed by atoms with Crippen LogP contribution in [0.3, 0.4) is 0 Å². The molecule has 0 radical (unpaired) electrons. The van der Waals surface area contributed by atoms with Gasteiger partial charge in [-0.15, -0.1) is 0 Å². The van der Waals surface area contributed by atoms with E-state index in [0.717, 1.165) is 50.7 Å². The van der Waals surface area contributed by atoms with Crippen molar-refractivity contribution in [2.75, 3.05) is 39.3 Å². The van der Waals surface area contributed by atoms with Crippen LogP contribution in [-0.2, 0) is 4.74 Å². The van der Waals surface area contributed by atoms with Gasteiger partial charge in [-0.05, 0) is 43.9 Å². The van der Waals surface area contributed by atoms with E-state index in [-0.39, 0.29) is 5.91 Å². The van der Waals surface area contributed by atoms with Crippen molar-refractivity contribution in [2.45, 2.75) is 37.7 Å². The fourth-order valence-corrected chi connectivity index (χ4v) is 4.27. The molecule has 1 saturated carbocycles. The number of carbonyl (C=O) groups is 1. The van der Waals surface area contributed by atoms with Gasteiger partial charge in [0.05, 0.1) is 17.5 Å². The average molecular weight is 380 g/mol. The minimum absolute atomic E-state index is 0.0972. The SMILES string of the molecule is O=C(c1cc(C2CC2)nn1-c1ccccc1)N1CCN(C[C@@H]2CCCO2)CC1. The van der Waals surface area contributed by atoms with E-state index in [1.165, 1.54) is 25.7 Å². The molecule has 1 amide bonds. The molecule has 2 aromatic rings. The number of aromatic nitrogens is 2. The Labute approximate surface area is 166 Å². The lowest BCUT2D eigenvalue weighted by Crippen LogP contribution is -2.50. The van der Waals surface area contributed by atoms with E-state index < -0.39 is 0 Å². The Morgan fingerprint density at radius 2 is 1.86 bits per heavy atom. The summed E-state index contributed by atoms with van der Waals surface area (Å²) in [7, 11) is 0. The Morgan fingerprint density at radius 1 is 1.07 bits per heavy atom. The molecule has 6 heteroatoms. The van der Waals surface area contributed by atoms with Crippen LogP contribution in [0.1, 0.15) is 47.8 Å². The molecular formula is C22H28N4O2. The second-order valence-electron chi connectivity index (χ2n) is 8.20. The molecule has 3 heterocycles. The first kappa shape index (κ1) is 17.9. The predicted molar refractivity (Wildman–Crippen MR) is 107 cm³/mol. The second kappa shape index (κ2) is 7.68. The number of hydrogen-bond acceptors (Lipinski definition) is 4. The van der Waals surface area contributed by atoms with E-state index in [4.69, 9.17) is 9.84 Å². The third kappa shape index (κ3) is 3.71. The molecule has 1 aromatic heterocycles. The summed E-state index contributed by atoms with van der Waals surface area (Å²) in [6, 6.07) is 12.0. The molecule has 1 aromatic carbocycles. The largest absolute Gasteiger partial charge is 0.377 e. The molecule has 148 valence electrons. The quantitative estimate of drug-likeness (QED) is 0.800. The number of piperazine rings is 1. The molecule has 1 atom stereocenters. The molecule has 5 rings (SSSR count). The fraction of sp³-hybridized carbons (Fsp3) is 0.545. The topological polar surface area (TPSA) is 50.6 Å². The Morgan fingerprint density at radius 3 is 2.54 bits per heavy atom. The number of amides is 1. The number of ether oxygens (including phenoxy) is 1. The second-order valence-corrected chi connectivity index (χ2v) is 8.20. The third-order valence-corrected chi connectivity index (χ3v) is 6.09. The number of benzene rings is 1. The van der Waals surface area contributed by atoms with Crippen molar-refractivity contribution in [3.8, 4) is 5.69 Å². The van der Waals surface area contributed by atoms with Gasteiger partial charge in [-0.3, -0.25) is 9.69 Å². The van der Waals surface area contributed by atoms with E-state index in [1.54, 1.807) is 0 Å². The minimum atomic E-state index is 0.0972. The molecule has 2 aliphatic heterocycles. The molecule has 28 heavy (non-hydrogen) atoms. The highest BCUT2D eigenvalue weighted by Crippen LogP contribution is 2.39. The van der Waals surface area contributed by atoms with Gasteiger partial charge >= 0.3 is 0 Å². The zero-order valence-corrected chi connectivity index (χ0v) is 16.3. The summed E-state index contributed by atoms with van der Waals surface area (Å²) in [5.41, 5.74) is 2.71. The lowest BCUT2D eigenvalue weighted by Gasteiger charge is -2.35. The molecule has 3 fully saturated rings. The molecule has 0 spiro atoms. The first-order valence-corrected chi connectivity index (χ1v) is 10.6. The van der Waals surface area contributed by atoms with Crippen LogP contribution in [0.15, 0.2) is 36.4 Å². The van der Waals surface area contributed by atoms with Crippen LogP contribution < -0.4 is 0 Å². The summed E-state index contributed by atoms with van der Waals surface area (Å²) < 4.78 is 7.60. The maximum atomic E-state index is 13.3. The van der Waals surface area contributed by atoms with E-state index in [0.29, 0.717) is 17.7 Å². The van der Waals surface area contributed by atoms with Crippen molar-refractivity contribution < 1.29 is 9.53 Å². The van der Waals surface area contributed by atoms with Gasteiger partial charge in [0.1, 0.15) is 5.69 Å². The Kier molecular flexibility index (Phi) is 4.91. The summed E-state index contributed by atoms with van der Waals surface area (Å²) >= 11 is 0. The van der Waals surface area contributed by atoms with Gasteiger partial charge in [0, 0.05) is 45.2 Å². The summed E-state index contributed by atoms with van der Waals surface area (Å²) in [6.45, 7) is 5.27. The van der Waals surface area contributed by atoms with E-state index in [9.17, 15) is 4.79 Å². The number of para-hydroxylation sites is 1. The van der Waals surface area contributed by atoms with Crippen LogP contribution >= 0.6 is 0 Å². The lowest BCUT2D eigenvalue weighted by molar-refractivity contribution is 0.0428. The van der Waals surface area contributed by atoms with Crippen LogP contribution in [0.25, 0.3) is 5.69 Å². The average Bonchev–Trinajstić information content (AvgIpc) is 3.28. The van der Waals surface area contributed by atoms with Gasteiger partial charge < -0.3 is 9.64 Å². The number of hydrogen-bond donors (Lipinski definition) is 0. The smallest absolute Gasteiger partial charge is 0.272 e. The molecule has 3 aliphatic rings. The zero-order valence-electron chi connectivity index (χ0n) is 16.3. The Hall–Kier alpha value is -2.18. The monoisotopic (exact) mass is 380 g/mol. The lowest BCUT2D eigenvalue weighted by atomic mass is 10.2. The van der Waals surface area contributed by atoms with Gasteiger partial charge in [0.15, 0.2) is 0 Å². The summed E-state index contributed by atoms with van der Waals surface area (Å²) in [4.78, 5) is 17.7. The zero-order chi connectivity index (χ0) is 18.9. The van der Waals surface area contributed by atoms with Gasteiger partial charge in [-0.2, -0.15) is 5.10 Å². The summed E-state index contributed by atoms with van der Waals surface area (Å²) in [6.07, 6.45) is 5.08. The van der Waals surface area contributed by atoms with Crippen molar-refractivity contribution in [1.29, 1.82) is 0 Å². The predicted octanol–water partition coefficient (Wildman–Crippen LogP) is 2.69. The highest BCUT2D eigenvalue weighted by molar-refractivity contribution is 5.93. The Bertz CT molecular complexity index is 816. The highest BCUT2D eigenvalue weighted by Gasteiger charge is 2.31. The van der Waals surface area contributed by atoms with E-state index in [2.05, 4.69) is 4.90 Å². The van der Waals surface area contributed by atoms with Crippen LogP contribution in [-0.4, -0.2) is 70.9 Å². The summed E-state index contributed by atoms with van der Waals surface area (Å²) in [5, 5.41) is 4.78. The molecule has 0 N–H and O–H groups in total. The minimum Gasteiger partial charge on any atom is -0.377 e. The van der Waals surface area contributed by atoms with Gasteiger partial charge in [-0.1, -0.05) is 18.2 Å². The molecular weight excluding hydrogens is 352 g/mol. The van der Waals surface area contributed by atoms with Crippen LogP contribution in [0.5, 0.6) is 0 Å². The molecule has 2 saturated heterocycles. The van der Waals surface area contributed by atoms with Crippen molar-refractivity contribution in [1.82, 2.24) is 19.6 Å². The maximum absolute atomic E-state index is 13.3. The number of nitrogens with zero attached hydrogens (tertiary/aromatic N) is 4. The number of rotatable bonds is 5. The standard InChI is InChI=1S/C22H28N4O2/c27-22(25-12-10-24(11-13-25)16-19-7-4-14-28-19)21-15-20(17-8-9-17)23-26(21)18-5-2-1-3-6-18/h1-3,5-6,15,17,19H,4,7-14,16H2/t19-/m0/s1. The van der Waals surface area contributed by atoms with Crippen LogP contribution in [0, 0.1) is 0 Å². The van der Waals surface area contributed by atoms with Gasteiger partial charge in [0.2, 0.25) is 0 Å².